The molecule has 1 aromatic rings. The Morgan fingerprint density at radius 2 is 1.91 bits per heavy atom. The van der Waals surface area contributed by atoms with Crippen molar-refractivity contribution in [3.05, 3.63) is 29.8 Å². The highest BCUT2D eigenvalue weighted by molar-refractivity contribution is 5.93. The van der Waals surface area contributed by atoms with Gasteiger partial charge in [-0.2, -0.15) is 0 Å². The van der Waals surface area contributed by atoms with Crippen molar-refractivity contribution < 1.29 is 9.59 Å². The van der Waals surface area contributed by atoms with Gasteiger partial charge in [0.25, 0.3) is 0 Å². The minimum atomic E-state index is 0.0592. The maximum absolute atomic E-state index is 12.1. The van der Waals surface area contributed by atoms with E-state index in [1.165, 1.54) is 0 Å². The van der Waals surface area contributed by atoms with Crippen LogP contribution in [0.5, 0.6) is 0 Å². The fourth-order valence-electron chi connectivity index (χ4n) is 2.69. The average molecular weight is 303 g/mol. The third-order valence-corrected chi connectivity index (χ3v) is 4.12. The summed E-state index contributed by atoms with van der Waals surface area (Å²) in [6.07, 6.45) is 1.30. The van der Waals surface area contributed by atoms with E-state index in [4.69, 9.17) is 0 Å². The lowest BCUT2D eigenvalue weighted by molar-refractivity contribution is -0.130. The molecule has 0 saturated carbocycles. The first kappa shape index (κ1) is 16.5. The molecule has 120 valence electrons. The van der Waals surface area contributed by atoms with Crippen molar-refractivity contribution in [3.8, 4) is 0 Å². The number of carbonyl (C=O) groups excluding carboxylic acids is 2. The Morgan fingerprint density at radius 1 is 1.23 bits per heavy atom. The van der Waals surface area contributed by atoms with Gasteiger partial charge in [0.15, 0.2) is 0 Å². The van der Waals surface area contributed by atoms with Gasteiger partial charge in [0, 0.05) is 25.3 Å². The normalized spacial score (nSPS) is 17.3. The first-order valence-electron chi connectivity index (χ1n) is 8.02. The number of hydrogen-bond acceptors (Lipinski definition) is 3. The van der Waals surface area contributed by atoms with Gasteiger partial charge in [0.1, 0.15) is 0 Å². The molecule has 1 saturated heterocycles. The van der Waals surface area contributed by atoms with Crippen molar-refractivity contribution >= 4 is 17.5 Å². The van der Waals surface area contributed by atoms with Gasteiger partial charge in [-0.05, 0) is 44.5 Å². The van der Waals surface area contributed by atoms with Crippen molar-refractivity contribution in [2.45, 2.75) is 26.7 Å². The molecule has 0 radical (unpaired) electrons. The molecule has 5 nitrogen and oxygen atoms in total. The highest BCUT2D eigenvalue weighted by Crippen LogP contribution is 2.14. The number of nitrogens with zero attached hydrogens (tertiary/aromatic N) is 1. The van der Waals surface area contributed by atoms with Crippen LogP contribution in [0.25, 0.3) is 0 Å². The van der Waals surface area contributed by atoms with Crippen molar-refractivity contribution in [2.75, 3.05) is 31.5 Å². The summed E-state index contributed by atoms with van der Waals surface area (Å²) in [5.41, 5.74) is 1.76. The molecule has 1 aliphatic heterocycles. The van der Waals surface area contributed by atoms with Crippen LogP contribution < -0.4 is 10.6 Å². The summed E-state index contributed by atoms with van der Waals surface area (Å²) < 4.78 is 0. The predicted octanol–water partition coefficient (Wildman–Crippen LogP) is 1.65. The Morgan fingerprint density at radius 3 is 2.45 bits per heavy atom. The third-order valence-electron chi connectivity index (χ3n) is 4.12. The Bertz CT molecular complexity index is 468. The standard InChI is InChI=1S/C17H25N3O2/c1-3-20(4-2)16(21)11-13-5-7-15(8-6-13)19-17(22)14-9-10-18-12-14/h5-8,14,18H,3-4,9-12H2,1-2H3,(H,19,22). The second-order valence-electron chi connectivity index (χ2n) is 5.62. The van der Waals surface area contributed by atoms with Crippen LogP contribution in [-0.4, -0.2) is 42.9 Å². The summed E-state index contributed by atoms with van der Waals surface area (Å²) in [5, 5.41) is 6.12. The molecular weight excluding hydrogens is 278 g/mol. The van der Waals surface area contributed by atoms with Gasteiger partial charge in [0.2, 0.25) is 11.8 Å². The van der Waals surface area contributed by atoms with Gasteiger partial charge >= 0.3 is 0 Å². The van der Waals surface area contributed by atoms with Gasteiger partial charge in [-0.15, -0.1) is 0 Å². The molecule has 0 aliphatic carbocycles. The van der Waals surface area contributed by atoms with Crippen LogP contribution in [0, 0.1) is 5.92 Å². The van der Waals surface area contributed by atoms with E-state index in [9.17, 15) is 9.59 Å². The zero-order valence-electron chi connectivity index (χ0n) is 13.4. The molecule has 1 atom stereocenters. The van der Waals surface area contributed by atoms with Crippen LogP contribution in [0.3, 0.4) is 0 Å². The molecule has 0 bridgehead atoms. The summed E-state index contributed by atoms with van der Waals surface area (Å²) in [4.78, 5) is 25.9. The minimum Gasteiger partial charge on any atom is -0.343 e. The number of hydrogen-bond donors (Lipinski definition) is 2. The number of benzene rings is 1. The van der Waals surface area contributed by atoms with E-state index in [1.807, 2.05) is 43.0 Å². The summed E-state index contributed by atoms with van der Waals surface area (Å²) >= 11 is 0. The van der Waals surface area contributed by atoms with Crippen LogP contribution >= 0.6 is 0 Å². The molecule has 0 spiro atoms. The Hall–Kier alpha value is -1.88. The van der Waals surface area contributed by atoms with Crippen molar-refractivity contribution in [1.82, 2.24) is 10.2 Å². The maximum Gasteiger partial charge on any atom is 0.228 e. The molecular formula is C17H25N3O2. The summed E-state index contributed by atoms with van der Waals surface area (Å²) in [6, 6.07) is 7.55. The number of nitrogens with one attached hydrogen (secondary N) is 2. The van der Waals surface area contributed by atoms with E-state index in [0.29, 0.717) is 6.42 Å². The lowest BCUT2D eigenvalue weighted by Crippen LogP contribution is -2.31. The average Bonchev–Trinajstić information content (AvgIpc) is 3.05. The third kappa shape index (κ3) is 4.31. The monoisotopic (exact) mass is 303 g/mol. The van der Waals surface area contributed by atoms with Crippen LogP contribution in [0.4, 0.5) is 5.69 Å². The SMILES string of the molecule is CCN(CC)C(=O)Cc1ccc(NC(=O)C2CCNC2)cc1. The maximum atomic E-state index is 12.1. The lowest BCUT2D eigenvalue weighted by atomic mass is 10.1. The van der Waals surface area contributed by atoms with E-state index in [-0.39, 0.29) is 17.7 Å². The molecule has 2 rings (SSSR count). The molecule has 0 aromatic heterocycles. The number of carbonyl (C=O) groups is 2. The first-order chi connectivity index (χ1) is 10.6. The molecule has 1 fully saturated rings. The fourth-order valence-corrected chi connectivity index (χ4v) is 2.69. The zero-order chi connectivity index (χ0) is 15.9. The zero-order valence-corrected chi connectivity index (χ0v) is 13.4. The van der Waals surface area contributed by atoms with Crippen LogP contribution in [0.1, 0.15) is 25.8 Å². The van der Waals surface area contributed by atoms with E-state index in [2.05, 4.69) is 10.6 Å². The van der Waals surface area contributed by atoms with E-state index >= 15 is 0 Å². The number of likely N-dealkylation sites (N-methyl/N-ethyl adjacent to an activating group) is 1. The molecule has 1 aliphatic rings. The largest absolute Gasteiger partial charge is 0.343 e. The summed E-state index contributed by atoms with van der Waals surface area (Å²) in [7, 11) is 0. The smallest absolute Gasteiger partial charge is 0.228 e. The summed E-state index contributed by atoms with van der Waals surface area (Å²) in [6.45, 7) is 7.10. The Kier molecular flexibility index (Phi) is 5.95. The van der Waals surface area contributed by atoms with Crippen molar-refractivity contribution in [3.63, 3.8) is 0 Å². The van der Waals surface area contributed by atoms with Crippen LogP contribution in [-0.2, 0) is 16.0 Å². The van der Waals surface area contributed by atoms with E-state index in [1.54, 1.807) is 0 Å². The second kappa shape index (κ2) is 7.94. The van der Waals surface area contributed by atoms with Gasteiger partial charge in [-0.25, -0.2) is 0 Å². The molecule has 2 N–H and O–H groups in total. The van der Waals surface area contributed by atoms with E-state index < -0.39 is 0 Å². The highest BCUT2D eigenvalue weighted by Gasteiger charge is 2.22. The van der Waals surface area contributed by atoms with Gasteiger partial charge in [0.05, 0.1) is 12.3 Å². The topological polar surface area (TPSA) is 61.4 Å². The van der Waals surface area contributed by atoms with E-state index in [0.717, 1.165) is 43.9 Å². The first-order valence-corrected chi connectivity index (χ1v) is 8.02. The molecule has 2 amide bonds. The fraction of sp³-hybridized carbons (Fsp3) is 0.529. The lowest BCUT2D eigenvalue weighted by Gasteiger charge is -2.18. The number of anilines is 1. The van der Waals surface area contributed by atoms with Crippen LogP contribution in [0.15, 0.2) is 24.3 Å². The van der Waals surface area contributed by atoms with Gasteiger partial charge in [-0.1, -0.05) is 12.1 Å². The quantitative estimate of drug-likeness (QED) is 0.840. The van der Waals surface area contributed by atoms with Gasteiger partial charge in [-0.3, -0.25) is 9.59 Å². The molecule has 1 heterocycles. The second-order valence-corrected chi connectivity index (χ2v) is 5.62. The van der Waals surface area contributed by atoms with Gasteiger partial charge < -0.3 is 15.5 Å². The number of amides is 2. The van der Waals surface area contributed by atoms with Crippen LogP contribution in [0.2, 0.25) is 0 Å². The summed E-state index contributed by atoms with van der Waals surface area (Å²) in [5.74, 6) is 0.264. The highest BCUT2D eigenvalue weighted by atomic mass is 16.2. The molecule has 1 aromatic carbocycles. The molecule has 22 heavy (non-hydrogen) atoms. The Balaban J connectivity index is 1.89. The predicted molar refractivity (Wildman–Crippen MR) is 87.7 cm³/mol. The van der Waals surface area contributed by atoms with Crippen molar-refractivity contribution in [1.29, 1.82) is 0 Å². The Labute approximate surface area is 132 Å². The molecule has 1 unspecified atom stereocenters. The number of rotatable bonds is 6. The molecule has 5 heteroatoms. The minimum absolute atomic E-state index is 0.0592. The van der Waals surface area contributed by atoms with Crippen molar-refractivity contribution in [2.24, 2.45) is 5.92 Å².